The fourth-order valence-electron chi connectivity index (χ4n) is 2.04. The molecule has 1 aromatic rings. The first kappa shape index (κ1) is 18.1. The molecule has 4 nitrogen and oxygen atoms in total. The van der Waals surface area contributed by atoms with Gasteiger partial charge in [-0.25, -0.2) is 0 Å². The van der Waals surface area contributed by atoms with Crippen LogP contribution in [0.5, 0.6) is 5.75 Å². The Balaban J connectivity index is 2.20. The number of halogens is 1. The Morgan fingerprint density at radius 3 is 2.33 bits per heavy atom. The van der Waals surface area contributed by atoms with E-state index >= 15 is 0 Å². The highest BCUT2D eigenvalue weighted by atomic mass is 35.5. The number of thiol groups is 1. The van der Waals surface area contributed by atoms with Crippen molar-refractivity contribution in [1.82, 2.24) is 0 Å². The Morgan fingerprint density at radius 2 is 1.71 bits per heavy atom. The third-order valence-corrected chi connectivity index (χ3v) is 3.73. The van der Waals surface area contributed by atoms with Crippen LogP contribution in [0.25, 0.3) is 0 Å². The summed E-state index contributed by atoms with van der Waals surface area (Å²) >= 11 is 9.93. The summed E-state index contributed by atoms with van der Waals surface area (Å²) < 4.78 is 5.49. The summed E-state index contributed by atoms with van der Waals surface area (Å²) in [7, 11) is 0. The molecule has 0 amide bonds. The molecule has 0 heterocycles. The van der Waals surface area contributed by atoms with Crippen LogP contribution in [0.4, 0.5) is 5.69 Å². The molecule has 0 radical (unpaired) electrons. The molecule has 0 aliphatic heterocycles. The normalized spacial score (nSPS) is 10.6. The fourth-order valence-corrected chi connectivity index (χ4v) is 2.43. The molecular weight excluding hydrogens is 310 g/mol. The second-order valence-corrected chi connectivity index (χ2v) is 5.80. The van der Waals surface area contributed by atoms with Gasteiger partial charge in [0, 0.05) is 11.1 Å². The molecule has 0 atom stereocenters. The average molecular weight is 332 g/mol. The smallest absolute Gasteiger partial charge is 0.312 e. The molecule has 0 N–H and O–H groups in total. The lowest BCUT2D eigenvalue weighted by atomic mass is 10.1. The van der Waals surface area contributed by atoms with Crippen molar-refractivity contribution in [2.24, 2.45) is 0 Å². The van der Waals surface area contributed by atoms with E-state index in [1.54, 1.807) is 12.1 Å². The second kappa shape index (κ2) is 10.7. The Labute approximate surface area is 136 Å². The van der Waals surface area contributed by atoms with E-state index in [4.69, 9.17) is 16.3 Å². The Kier molecular flexibility index (Phi) is 9.26. The van der Waals surface area contributed by atoms with Gasteiger partial charge in [-0.2, -0.15) is 12.6 Å². The van der Waals surface area contributed by atoms with Crippen LogP contribution in [0.3, 0.4) is 0 Å². The molecule has 21 heavy (non-hydrogen) atoms. The van der Waals surface area contributed by atoms with Crippen LogP contribution in [-0.2, 0) is 0 Å². The molecule has 1 rings (SSSR count). The second-order valence-electron chi connectivity index (χ2n) is 4.92. The first-order chi connectivity index (χ1) is 10.1. The zero-order valence-corrected chi connectivity index (χ0v) is 13.7. The molecule has 0 unspecified atom stereocenters. The van der Waals surface area contributed by atoms with Crippen molar-refractivity contribution in [2.45, 2.75) is 44.9 Å². The van der Waals surface area contributed by atoms with Gasteiger partial charge >= 0.3 is 5.69 Å². The van der Waals surface area contributed by atoms with Gasteiger partial charge in [0.15, 0.2) is 5.75 Å². The van der Waals surface area contributed by atoms with Crippen LogP contribution in [0, 0.1) is 10.1 Å². The number of hydrogen-bond acceptors (Lipinski definition) is 4. The first-order valence-electron chi connectivity index (χ1n) is 7.32. The van der Waals surface area contributed by atoms with Crippen molar-refractivity contribution in [3.8, 4) is 5.75 Å². The maximum Gasteiger partial charge on any atom is 0.312 e. The number of unbranched alkanes of at least 4 members (excludes halogenated alkanes) is 6. The van der Waals surface area contributed by atoms with Gasteiger partial charge in [-0.3, -0.25) is 10.1 Å². The van der Waals surface area contributed by atoms with Crippen molar-refractivity contribution >= 4 is 29.9 Å². The molecule has 0 fully saturated rings. The molecule has 0 aromatic heterocycles. The summed E-state index contributed by atoms with van der Waals surface area (Å²) in [6.07, 6.45) is 8.09. The molecule has 6 heteroatoms. The zero-order chi connectivity index (χ0) is 15.5. The van der Waals surface area contributed by atoms with Crippen LogP contribution < -0.4 is 4.74 Å². The molecular formula is C15H22ClNO3S. The average Bonchev–Trinajstić information content (AvgIpc) is 2.46. The minimum Gasteiger partial charge on any atom is -0.487 e. The Morgan fingerprint density at radius 1 is 1.10 bits per heavy atom. The molecule has 0 bridgehead atoms. The highest BCUT2D eigenvalue weighted by Crippen LogP contribution is 2.30. The number of benzene rings is 1. The van der Waals surface area contributed by atoms with E-state index in [1.807, 2.05) is 0 Å². The third-order valence-electron chi connectivity index (χ3n) is 3.18. The van der Waals surface area contributed by atoms with Gasteiger partial charge in [0.1, 0.15) is 0 Å². The molecule has 1 aromatic carbocycles. The number of nitrogens with zero attached hydrogens (tertiary/aromatic N) is 1. The predicted octanol–water partition coefficient (Wildman–Crippen LogP) is 5.29. The number of rotatable bonds is 11. The molecule has 0 spiro atoms. The molecule has 0 aliphatic carbocycles. The van der Waals surface area contributed by atoms with E-state index in [2.05, 4.69) is 12.6 Å². The van der Waals surface area contributed by atoms with Gasteiger partial charge in [0.05, 0.1) is 11.5 Å². The van der Waals surface area contributed by atoms with Gasteiger partial charge in [-0.05, 0) is 30.7 Å². The maximum absolute atomic E-state index is 10.9. The van der Waals surface area contributed by atoms with Crippen LogP contribution >= 0.6 is 24.2 Å². The quantitative estimate of drug-likeness (QED) is 0.259. The summed E-state index contributed by atoms with van der Waals surface area (Å²) in [5.41, 5.74) is -0.0748. The van der Waals surface area contributed by atoms with E-state index in [9.17, 15) is 10.1 Å². The van der Waals surface area contributed by atoms with Gasteiger partial charge in [-0.15, -0.1) is 0 Å². The highest BCUT2D eigenvalue weighted by Gasteiger charge is 2.15. The standard InChI is InChI=1S/C15H22ClNO3S/c16-13-8-9-15(14(12-13)17(18)19)20-10-6-4-2-1-3-5-7-11-21/h8-9,12,21H,1-7,10-11H2. The van der Waals surface area contributed by atoms with Gasteiger partial charge < -0.3 is 4.74 Å². The Bertz CT molecular complexity index is 443. The van der Waals surface area contributed by atoms with Gasteiger partial charge in [0.25, 0.3) is 0 Å². The summed E-state index contributed by atoms with van der Waals surface area (Å²) in [4.78, 5) is 10.4. The van der Waals surface area contributed by atoms with E-state index in [0.29, 0.717) is 11.6 Å². The summed E-state index contributed by atoms with van der Waals surface area (Å²) in [6.45, 7) is 0.499. The number of hydrogen-bond donors (Lipinski definition) is 1. The van der Waals surface area contributed by atoms with Crippen LogP contribution in [0.2, 0.25) is 5.02 Å². The molecule has 0 aliphatic rings. The topological polar surface area (TPSA) is 52.4 Å². The third kappa shape index (κ3) is 7.58. The number of nitro groups is 1. The van der Waals surface area contributed by atoms with E-state index in [0.717, 1.165) is 18.6 Å². The van der Waals surface area contributed by atoms with Gasteiger partial charge in [0.2, 0.25) is 0 Å². The van der Waals surface area contributed by atoms with Gasteiger partial charge in [-0.1, -0.05) is 43.7 Å². The fraction of sp³-hybridized carbons (Fsp3) is 0.600. The van der Waals surface area contributed by atoms with Crippen molar-refractivity contribution in [3.63, 3.8) is 0 Å². The van der Waals surface area contributed by atoms with E-state index in [-0.39, 0.29) is 11.4 Å². The zero-order valence-electron chi connectivity index (χ0n) is 12.1. The minimum atomic E-state index is -0.470. The number of nitro benzene ring substituents is 1. The SMILES string of the molecule is O=[N+]([O-])c1cc(Cl)ccc1OCCCCCCCCCS. The lowest BCUT2D eigenvalue weighted by Crippen LogP contribution is -2.00. The minimum absolute atomic E-state index is 0.0748. The monoisotopic (exact) mass is 331 g/mol. The lowest BCUT2D eigenvalue weighted by molar-refractivity contribution is -0.385. The largest absolute Gasteiger partial charge is 0.487 e. The Hall–Kier alpha value is -0.940. The number of ether oxygens (including phenoxy) is 1. The van der Waals surface area contributed by atoms with Crippen molar-refractivity contribution in [1.29, 1.82) is 0 Å². The highest BCUT2D eigenvalue weighted by molar-refractivity contribution is 7.80. The predicted molar refractivity (Wildman–Crippen MR) is 89.8 cm³/mol. The molecule has 0 saturated carbocycles. The first-order valence-corrected chi connectivity index (χ1v) is 8.34. The summed E-state index contributed by atoms with van der Waals surface area (Å²) in [5.74, 6) is 1.26. The van der Waals surface area contributed by atoms with Crippen molar-refractivity contribution in [3.05, 3.63) is 33.3 Å². The van der Waals surface area contributed by atoms with Crippen LogP contribution in [0.1, 0.15) is 44.9 Å². The maximum atomic E-state index is 10.9. The lowest BCUT2D eigenvalue weighted by Gasteiger charge is -2.07. The summed E-state index contributed by atoms with van der Waals surface area (Å²) in [6, 6.07) is 4.47. The van der Waals surface area contributed by atoms with E-state index < -0.39 is 4.92 Å². The van der Waals surface area contributed by atoms with Crippen LogP contribution in [0.15, 0.2) is 18.2 Å². The molecule has 118 valence electrons. The molecule has 0 saturated heterocycles. The van der Waals surface area contributed by atoms with Crippen molar-refractivity contribution in [2.75, 3.05) is 12.4 Å². The van der Waals surface area contributed by atoms with Crippen molar-refractivity contribution < 1.29 is 9.66 Å². The van der Waals surface area contributed by atoms with E-state index in [1.165, 1.54) is 38.2 Å². The van der Waals surface area contributed by atoms with Crippen LogP contribution in [-0.4, -0.2) is 17.3 Å². The summed E-state index contributed by atoms with van der Waals surface area (Å²) in [5, 5.41) is 11.2.